The van der Waals surface area contributed by atoms with Crippen LogP contribution in [-0.2, 0) is 6.54 Å². The SMILES string of the molecule is CNCCn1nc(C2C3CC4CC(C3)CC2C4)nc1C. The Bertz CT molecular complexity index is 465. The minimum atomic E-state index is 0.664. The Morgan fingerprint density at radius 2 is 1.75 bits per heavy atom. The van der Waals surface area contributed by atoms with E-state index in [1.807, 2.05) is 7.05 Å². The number of likely N-dealkylation sites (N-methyl/N-ethyl adjacent to an activating group) is 1. The first-order chi connectivity index (χ1) is 9.74. The number of aryl methyl sites for hydroxylation is 1. The lowest BCUT2D eigenvalue weighted by Crippen LogP contribution is -2.44. The van der Waals surface area contributed by atoms with Crippen LogP contribution in [0.1, 0.15) is 49.7 Å². The van der Waals surface area contributed by atoms with Crippen molar-refractivity contribution in [3.05, 3.63) is 11.6 Å². The van der Waals surface area contributed by atoms with Gasteiger partial charge in [-0.05, 0) is 69.7 Å². The summed E-state index contributed by atoms with van der Waals surface area (Å²) in [6.07, 6.45) is 7.30. The molecule has 20 heavy (non-hydrogen) atoms. The average molecular weight is 274 g/mol. The number of hydrogen-bond donors (Lipinski definition) is 1. The van der Waals surface area contributed by atoms with Crippen molar-refractivity contribution in [1.82, 2.24) is 20.1 Å². The Morgan fingerprint density at radius 1 is 1.10 bits per heavy atom. The van der Waals surface area contributed by atoms with Gasteiger partial charge in [-0.25, -0.2) is 9.67 Å². The van der Waals surface area contributed by atoms with Gasteiger partial charge in [0.2, 0.25) is 0 Å². The van der Waals surface area contributed by atoms with E-state index in [2.05, 4.69) is 16.9 Å². The Kier molecular flexibility index (Phi) is 3.09. The predicted molar refractivity (Wildman–Crippen MR) is 78.5 cm³/mol. The van der Waals surface area contributed by atoms with Gasteiger partial charge in [0.1, 0.15) is 5.82 Å². The molecular weight excluding hydrogens is 248 g/mol. The molecule has 5 rings (SSSR count). The van der Waals surface area contributed by atoms with Crippen LogP contribution in [0.2, 0.25) is 0 Å². The molecule has 4 fully saturated rings. The molecule has 110 valence electrons. The first kappa shape index (κ1) is 12.8. The minimum Gasteiger partial charge on any atom is -0.318 e. The summed E-state index contributed by atoms with van der Waals surface area (Å²) in [7, 11) is 1.99. The second kappa shape index (κ2) is 4.83. The molecule has 4 aliphatic rings. The summed E-state index contributed by atoms with van der Waals surface area (Å²) in [5.74, 6) is 6.73. The van der Waals surface area contributed by atoms with Crippen LogP contribution in [0.15, 0.2) is 0 Å². The monoisotopic (exact) mass is 274 g/mol. The maximum absolute atomic E-state index is 4.86. The summed E-state index contributed by atoms with van der Waals surface area (Å²) in [6, 6.07) is 0. The molecule has 0 saturated heterocycles. The van der Waals surface area contributed by atoms with E-state index in [1.165, 1.54) is 32.1 Å². The first-order valence-corrected chi connectivity index (χ1v) is 8.30. The van der Waals surface area contributed by atoms with E-state index in [4.69, 9.17) is 10.1 Å². The molecule has 4 saturated carbocycles. The lowest BCUT2D eigenvalue weighted by Gasteiger charge is -2.53. The highest BCUT2D eigenvalue weighted by atomic mass is 15.4. The zero-order valence-electron chi connectivity index (χ0n) is 12.7. The topological polar surface area (TPSA) is 42.7 Å². The largest absolute Gasteiger partial charge is 0.318 e. The molecule has 0 amide bonds. The molecule has 1 aromatic rings. The van der Waals surface area contributed by atoms with Gasteiger partial charge in [0, 0.05) is 12.5 Å². The third kappa shape index (κ3) is 2.00. The fraction of sp³-hybridized carbons (Fsp3) is 0.875. The summed E-state index contributed by atoms with van der Waals surface area (Å²) in [5, 5.41) is 8.05. The average Bonchev–Trinajstić information content (AvgIpc) is 2.76. The van der Waals surface area contributed by atoms with Gasteiger partial charge < -0.3 is 5.32 Å². The maximum atomic E-state index is 4.86. The third-order valence-corrected chi connectivity index (χ3v) is 5.97. The molecule has 0 spiro atoms. The van der Waals surface area contributed by atoms with Gasteiger partial charge >= 0.3 is 0 Å². The summed E-state index contributed by atoms with van der Waals surface area (Å²) in [6.45, 7) is 4.00. The molecule has 0 aliphatic heterocycles. The predicted octanol–water partition coefficient (Wildman–Crippen LogP) is 2.35. The van der Waals surface area contributed by atoms with Crippen molar-refractivity contribution < 1.29 is 0 Å². The highest BCUT2D eigenvalue weighted by Crippen LogP contribution is 2.59. The van der Waals surface area contributed by atoms with E-state index >= 15 is 0 Å². The number of nitrogens with one attached hydrogen (secondary N) is 1. The number of aromatic nitrogens is 3. The second-order valence-corrected chi connectivity index (χ2v) is 7.30. The van der Waals surface area contributed by atoms with Gasteiger partial charge in [-0.15, -0.1) is 0 Å². The molecule has 4 nitrogen and oxygen atoms in total. The minimum absolute atomic E-state index is 0.664. The van der Waals surface area contributed by atoms with Crippen LogP contribution in [0.5, 0.6) is 0 Å². The molecule has 4 aliphatic carbocycles. The van der Waals surface area contributed by atoms with Crippen molar-refractivity contribution in [3.63, 3.8) is 0 Å². The lowest BCUT2D eigenvalue weighted by atomic mass is 9.52. The van der Waals surface area contributed by atoms with E-state index in [0.29, 0.717) is 5.92 Å². The zero-order chi connectivity index (χ0) is 13.7. The molecule has 1 N–H and O–H groups in total. The van der Waals surface area contributed by atoms with Crippen LogP contribution in [0.25, 0.3) is 0 Å². The lowest BCUT2D eigenvalue weighted by molar-refractivity contribution is -0.00569. The Balaban J connectivity index is 1.58. The Hall–Kier alpha value is -0.900. The van der Waals surface area contributed by atoms with Gasteiger partial charge in [-0.3, -0.25) is 0 Å². The van der Waals surface area contributed by atoms with Gasteiger partial charge in [-0.2, -0.15) is 5.10 Å². The fourth-order valence-electron chi connectivity index (χ4n) is 5.36. The van der Waals surface area contributed by atoms with Crippen molar-refractivity contribution in [2.75, 3.05) is 13.6 Å². The summed E-state index contributed by atoms with van der Waals surface area (Å²) in [4.78, 5) is 4.83. The van der Waals surface area contributed by atoms with E-state index < -0.39 is 0 Å². The Labute approximate surface area is 121 Å². The van der Waals surface area contributed by atoms with Gasteiger partial charge in [0.15, 0.2) is 5.82 Å². The molecule has 1 heterocycles. The van der Waals surface area contributed by atoms with Gasteiger partial charge in [0.25, 0.3) is 0 Å². The summed E-state index contributed by atoms with van der Waals surface area (Å²) < 4.78 is 2.09. The van der Waals surface area contributed by atoms with Crippen LogP contribution < -0.4 is 5.32 Å². The smallest absolute Gasteiger partial charge is 0.154 e. The van der Waals surface area contributed by atoms with Gasteiger partial charge in [0.05, 0.1) is 6.54 Å². The fourth-order valence-corrected chi connectivity index (χ4v) is 5.36. The molecule has 1 aromatic heterocycles. The standard InChI is InChI=1S/C16H26N4/c1-10-18-16(19-20(10)4-3-17-2)15-13-6-11-5-12(8-13)9-14(15)7-11/h11-15,17H,3-9H2,1-2H3. The molecule has 0 radical (unpaired) electrons. The molecule has 0 aromatic carbocycles. The number of nitrogens with zero attached hydrogens (tertiary/aromatic N) is 3. The van der Waals surface area contributed by atoms with Crippen molar-refractivity contribution in [2.45, 2.75) is 51.5 Å². The summed E-state index contributed by atoms with van der Waals surface area (Å²) >= 11 is 0. The third-order valence-electron chi connectivity index (χ3n) is 5.97. The van der Waals surface area contributed by atoms with Crippen molar-refractivity contribution in [3.8, 4) is 0 Å². The van der Waals surface area contributed by atoms with Crippen LogP contribution in [0.4, 0.5) is 0 Å². The highest BCUT2D eigenvalue weighted by molar-refractivity contribution is 5.11. The normalized spacial score (nSPS) is 38.6. The van der Waals surface area contributed by atoms with E-state index in [9.17, 15) is 0 Å². The highest BCUT2D eigenvalue weighted by Gasteiger charge is 2.49. The maximum Gasteiger partial charge on any atom is 0.154 e. The van der Waals surface area contributed by atoms with Crippen LogP contribution in [0.3, 0.4) is 0 Å². The molecular formula is C16H26N4. The van der Waals surface area contributed by atoms with Crippen molar-refractivity contribution in [1.29, 1.82) is 0 Å². The van der Waals surface area contributed by atoms with Crippen molar-refractivity contribution >= 4 is 0 Å². The number of rotatable bonds is 4. The van der Waals surface area contributed by atoms with Crippen LogP contribution in [0, 0.1) is 30.6 Å². The van der Waals surface area contributed by atoms with Gasteiger partial charge in [-0.1, -0.05) is 0 Å². The van der Waals surface area contributed by atoms with Crippen LogP contribution >= 0.6 is 0 Å². The van der Waals surface area contributed by atoms with E-state index in [0.717, 1.165) is 48.4 Å². The molecule has 4 heteroatoms. The quantitative estimate of drug-likeness (QED) is 0.916. The van der Waals surface area contributed by atoms with Crippen molar-refractivity contribution in [2.24, 2.45) is 23.7 Å². The van der Waals surface area contributed by atoms with Crippen LogP contribution in [-0.4, -0.2) is 28.4 Å². The molecule has 0 atom stereocenters. The van der Waals surface area contributed by atoms with E-state index in [-0.39, 0.29) is 0 Å². The zero-order valence-corrected chi connectivity index (χ0v) is 12.7. The number of hydrogen-bond acceptors (Lipinski definition) is 3. The van der Waals surface area contributed by atoms with E-state index in [1.54, 1.807) is 0 Å². The first-order valence-electron chi connectivity index (χ1n) is 8.30. The summed E-state index contributed by atoms with van der Waals surface area (Å²) in [5.41, 5.74) is 0. The molecule has 4 bridgehead atoms. The molecule has 0 unspecified atom stereocenters. The second-order valence-electron chi connectivity index (χ2n) is 7.30. The Morgan fingerprint density at radius 3 is 2.35 bits per heavy atom.